The number of ether oxygens (including phenoxy) is 1. The van der Waals surface area contributed by atoms with E-state index in [0.29, 0.717) is 11.0 Å². The van der Waals surface area contributed by atoms with Gasteiger partial charge in [-0.1, -0.05) is 29.5 Å². The Kier molecular flexibility index (Phi) is 5.58. The lowest BCUT2D eigenvalue weighted by Crippen LogP contribution is -2.15. The number of thioether (sulfide) groups is 1. The highest BCUT2D eigenvalue weighted by Crippen LogP contribution is 2.22. The van der Waals surface area contributed by atoms with Crippen LogP contribution in [0.1, 0.15) is 11.1 Å². The molecule has 0 aliphatic carbocycles. The summed E-state index contributed by atoms with van der Waals surface area (Å²) in [7, 11) is 1.63. The van der Waals surface area contributed by atoms with Gasteiger partial charge < -0.3 is 10.1 Å². The topological polar surface area (TPSA) is 79.9 Å². The first kappa shape index (κ1) is 18.0. The summed E-state index contributed by atoms with van der Waals surface area (Å²) in [4.78, 5) is 16.6. The molecule has 0 unspecified atom stereocenters. The second-order valence-corrected chi connectivity index (χ2v) is 6.79. The number of benzene rings is 2. The molecule has 0 aliphatic heterocycles. The standard InChI is InChI=1S/C19H20N4O2S/c1-12-4-9-16(13(2)10-12)20-17(24)11-26-19-21-18(22-23-19)14-5-7-15(25-3)8-6-14/h4-10H,11H2,1-3H3,(H,20,24)(H,21,22,23). The summed E-state index contributed by atoms with van der Waals surface area (Å²) in [6.45, 7) is 4.00. The molecule has 2 aromatic carbocycles. The van der Waals surface area contributed by atoms with E-state index in [9.17, 15) is 4.79 Å². The van der Waals surface area contributed by atoms with Crippen molar-refractivity contribution in [2.45, 2.75) is 19.0 Å². The van der Waals surface area contributed by atoms with E-state index in [2.05, 4.69) is 20.5 Å². The largest absolute Gasteiger partial charge is 0.497 e. The quantitative estimate of drug-likeness (QED) is 0.647. The highest BCUT2D eigenvalue weighted by molar-refractivity contribution is 7.99. The fourth-order valence-electron chi connectivity index (χ4n) is 2.46. The first-order valence-electron chi connectivity index (χ1n) is 8.12. The first-order chi connectivity index (χ1) is 12.5. The van der Waals surface area contributed by atoms with E-state index in [4.69, 9.17) is 4.74 Å². The minimum Gasteiger partial charge on any atom is -0.497 e. The number of carbonyl (C=O) groups is 1. The van der Waals surface area contributed by atoms with Crippen molar-refractivity contribution < 1.29 is 9.53 Å². The molecule has 0 spiro atoms. The number of nitrogens with zero attached hydrogens (tertiary/aromatic N) is 2. The zero-order valence-electron chi connectivity index (χ0n) is 14.9. The van der Waals surface area contributed by atoms with Crippen LogP contribution in [0.2, 0.25) is 0 Å². The van der Waals surface area contributed by atoms with Crippen LogP contribution in [0.3, 0.4) is 0 Å². The van der Waals surface area contributed by atoms with Gasteiger partial charge in [-0.3, -0.25) is 9.89 Å². The molecule has 7 heteroatoms. The molecular formula is C19H20N4O2S. The van der Waals surface area contributed by atoms with Crippen molar-refractivity contribution in [1.29, 1.82) is 0 Å². The number of aromatic nitrogens is 3. The molecule has 26 heavy (non-hydrogen) atoms. The molecule has 6 nitrogen and oxygen atoms in total. The molecule has 2 N–H and O–H groups in total. The Labute approximate surface area is 156 Å². The molecule has 0 aliphatic rings. The summed E-state index contributed by atoms with van der Waals surface area (Å²) in [6, 6.07) is 13.5. The summed E-state index contributed by atoms with van der Waals surface area (Å²) in [5, 5.41) is 10.5. The number of aryl methyl sites for hydroxylation is 2. The van der Waals surface area contributed by atoms with E-state index in [0.717, 1.165) is 22.6 Å². The van der Waals surface area contributed by atoms with Crippen LogP contribution in [-0.2, 0) is 4.79 Å². The third kappa shape index (κ3) is 4.43. The highest BCUT2D eigenvalue weighted by atomic mass is 32.2. The van der Waals surface area contributed by atoms with Crippen LogP contribution in [0, 0.1) is 13.8 Å². The van der Waals surface area contributed by atoms with Gasteiger partial charge in [0.2, 0.25) is 11.1 Å². The number of rotatable bonds is 6. The van der Waals surface area contributed by atoms with Crippen molar-refractivity contribution in [2.75, 3.05) is 18.2 Å². The van der Waals surface area contributed by atoms with Gasteiger partial charge in [0, 0.05) is 11.3 Å². The van der Waals surface area contributed by atoms with Crippen molar-refractivity contribution >= 4 is 23.4 Å². The molecule has 1 amide bonds. The lowest BCUT2D eigenvalue weighted by atomic mass is 10.1. The number of amides is 1. The SMILES string of the molecule is COc1ccc(-c2nc(SCC(=O)Nc3ccc(C)cc3C)n[nH]2)cc1. The van der Waals surface area contributed by atoms with Gasteiger partial charge in [-0.2, -0.15) is 0 Å². The molecule has 134 valence electrons. The van der Waals surface area contributed by atoms with Crippen molar-refractivity contribution in [3.63, 3.8) is 0 Å². The monoisotopic (exact) mass is 368 g/mol. The zero-order valence-corrected chi connectivity index (χ0v) is 15.7. The van der Waals surface area contributed by atoms with E-state index < -0.39 is 0 Å². The summed E-state index contributed by atoms with van der Waals surface area (Å²) in [6.07, 6.45) is 0. The number of anilines is 1. The van der Waals surface area contributed by atoms with Crippen LogP contribution >= 0.6 is 11.8 Å². The van der Waals surface area contributed by atoms with Crippen LogP contribution in [-0.4, -0.2) is 34.0 Å². The number of nitrogens with one attached hydrogen (secondary N) is 2. The summed E-state index contributed by atoms with van der Waals surface area (Å²) >= 11 is 1.29. The lowest BCUT2D eigenvalue weighted by molar-refractivity contribution is -0.113. The number of aromatic amines is 1. The normalized spacial score (nSPS) is 10.6. The third-order valence-corrected chi connectivity index (χ3v) is 4.66. The molecule has 1 aromatic heterocycles. The number of methoxy groups -OCH3 is 1. The van der Waals surface area contributed by atoms with Gasteiger partial charge in [-0.25, -0.2) is 4.98 Å². The van der Waals surface area contributed by atoms with Crippen molar-refractivity contribution in [2.24, 2.45) is 0 Å². The average Bonchev–Trinajstić information content (AvgIpc) is 3.11. The molecule has 0 bridgehead atoms. The van der Waals surface area contributed by atoms with E-state index in [1.807, 2.05) is 56.3 Å². The number of carbonyl (C=O) groups excluding carboxylic acids is 1. The molecular weight excluding hydrogens is 348 g/mol. The van der Waals surface area contributed by atoms with E-state index in [1.54, 1.807) is 7.11 Å². The fourth-order valence-corrected chi connectivity index (χ4v) is 3.06. The summed E-state index contributed by atoms with van der Waals surface area (Å²) in [5.41, 5.74) is 3.95. The first-order valence-corrected chi connectivity index (χ1v) is 9.10. The minimum atomic E-state index is -0.0854. The smallest absolute Gasteiger partial charge is 0.234 e. The van der Waals surface area contributed by atoms with Crippen LogP contribution in [0.4, 0.5) is 5.69 Å². The molecule has 0 atom stereocenters. The van der Waals surface area contributed by atoms with Crippen LogP contribution in [0.25, 0.3) is 11.4 Å². The zero-order chi connectivity index (χ0) is 18.5. The second kappa shape index (κ2) is 8.05. The van der Waals surface area contributed by atoms with Gasteiger partial charge >= 0.3 is 0 Å². The summed E-state index contributed by atoms with van der Waals surface area (Å²) < 4.78 is 5.14. The molecule has 3 rings (SSSR count). The predicted molar refractivity (Wildman–Crippen MR) is 104 cm³/mol. The molecule has 0 saturated carbocycles. The van der Waals surface area contributed by atoms with Gasteiger partial charge in [0.1, 0.15) is 5.75 Å². The Balaban J connectivity index is 1.58. The van der Waals surface area contributed by atoms with Crippen molar-refractivity contribution in [3.05, 3.63) is 53.6 Å². The van der Waals surface area contributed by atoms with Crippen LogP contribution in [0.5, 0.6) is 5.75 Å². The van der Waals surface area contributed by atoms with Crippen LogP contribution < -0.4 is 10.1 Å². The van der Waals surface area contributed by atoms with Crippen molar-refractivity contribution in [1.82, 2.24) is 15.2 Å². The third-order valence-electron chi connectivity index (χ3n) is 3.82. The van der Waals surface area contributed by atoms with Crippen molar-refractivity contribution in [3.8, 4) is 17.1 Å². The van der Waals surface area contributed by atoms with E-state index in [1.165, 1.54) is 17.3 Å². The van der Waals surface area contributed by atoms with Gasteiger partial charge in [0.25, 0.3) is 0 Å². The van der Waals surface area contributed by atoms with Crippen LogP contribution in [0.15, 0.2) is 47.6 Å². The minimum absolute atomic E-state index is 0.0854. The highest BCUT2D eigenvalue weighted by Gasteiger charge is 2.10. The Morgan fingerprint density at radius 1 is 1.19 bits per heavy atom. The summed E-state index contributed by atoms with van der Waals surface area (Å²) in [5.74, 6) is 1.60. The Hall–Kier alpha value is -2.80. The van der Waals surface area contributed by atoms with Gasteiger partial charge in [-0.15, -0.1) is 5.10 Å². The molecule has 1 heterocycles. The number of hydrogen-bond donors (Lipinski definition) is 2. The Morgan fingerprint density at radius 3 is 2.65 bits per heavy atom. The van der Waals surface area contributed by atoms with Gasteiger partial charge in [0.15, 0.2) is 5.82 Å². The van der Waals surface area contributed by atoms with E-state index in [-0.39, 0.29) is 11.7 Å². The van der Waals surface area contributed by atoms with E-state index >= 15 is 0 Å². The maximum absolute atomic E-state index is 12.2. The molecule has 0 saturated heterocycles. The van der Waals surface area contributed by atoms with Gasteiger partial charge in [-0.05, 0) is 49.7 Å². The predicted octanol–water partition coefficient (Wildman–Crippen LogP) is 3.83. The fraction of sp³-hybridized carbons (Fsp3) is 0.211. The Bertz CT molecular complexity index is 906. The number of H-pyrrole nitrogens is 1. The lowest BCUT2D eigenvalue weighted by Gasteiger charge is -2.08. The number of hydrogen-bond acceptors (Lipinski definition) is 5. The average molecular weight is 368 g/mol. The van der Waals surface area contributed by atoms with Gasteiger partial charge in [0.05, 0.1) is 12.9 Å². The molecule has 0 radical (unpaired) electrons. The maximum atomic E-state index is 12.2. The Morgan fingerprint density at radius 2 is 1.96 bits per heavy atom. The second-order valence-electron chi connectivity index (χ2n) is 5.85. The molecule has 3 aromatic rings. The maximum Gasteiger partial charge on any atom is 0.234 e. The molecule has 0 fully saturated rings.